The molecule has 0 spiro atoms. The molecule has 0 bridgehead atoms. The van der Waals surface area contributed by atoms with Crippen LogP contribution in [0.1, 0.15) is 6.42 Å². The van der Waals surface area contributed by atoms with Crippen LogP contribution in [0.25, 0.3) is 0 Å². The molecule has 5 N–H and O–H groups in total. The zero-order valence-electron chi connectivity index (χ0n) is 14.7. The van der Waals surface area contributed by atoms with Gasteiger partial charge in [-0.2, -0.15) is 0 Å². The van der Waals surface area contributed by atoms with E-state index in [0.717, 1.165) is 0 Å². The third-order valence-electron chi connectivity index (χ3n) is 5.22. The number of esters is 1. The Kier molecular flexibility index (Phi) is 6.16. The molecule has 152 valence electrons. The largest absolute Gasteiger partial charge is 0.472 e. The lowest BCUT2D eigenvalue weighted by Crippen LogP contribution is -2.59. The fourth-order valence-corrected chi connectivity index (χ4v) is 3.69. The Morgan fingerprint density at radius 1 is 1.22 bits per heavy atom. The van der Waals surface area contributed by atoms with Crippen LogP contribution < -0.4 is 0 Å². The molecule has 1 aliphatic carbocycles. The van der Waals surface area contributed by atoms with Gasteiger partial charge in [0, 0.05) is 5.92 Å². The first-order chi connectivity index (χ1) is 12.9. The van der Waals surface area contributed by atoms with E-state index in [4.69, 9.17) is 18.9 Å². The zero-order valence-corrected chi connectivity index (χ0v) is 14.7. The number of carbonyl (C=O) groups is 1. The number of aliphatic hydroxyl groups excluding tert-OH is 5. The Labute approximate surface area is 155 Å². The summed E-state index contributed by atoms with van der Waals surface area (Å²) in [4.78, 5) is 11.9. The molecule has 1 saturated heterocycles. The molecule has 3 rings (SSSR count). The smallest absolute Gasteiger partial charge is 0.337 e. The molecule has 0 saturated carbocycles. The van der Waals surface area contributed by atoms with E-state index in [-0.39, 0.29) is 12.5 Å². The van der Waals surface area contributed by atoms with Crippen molar-refractivity contribution in [2.75, 3.05) is 20.3 Å². The molecule has 1 fully saturated rings. The topological polar surface area (TPSA) is 155 Å². The van der Waals surface area contributed by atoms with Crippen LogP contribution in [0.15, 0.2) is 23.5 Å². The Balaban J connectivity index is 1.65. The Bertz CT molecular complexity index is 615. The summed E-state index contributed by atoms with van der Waals surface area (Å²) in [5, 5.41) is 49.0. The standard InChI is InChI=1S/C17H24O10/c1-24-15(22)9-6-25-16(23)11-7(2-3-8(9)11)5-26-17-14(21)13(20)12(19)10(4-18)27-17/h2,6,8,10-14,16-21,23H,3-5H2,1H3/t8-,10-,11-,12-,13+,14-,16-,17-/m1/s1. The monoisotopic (exact) mass is 388 g/mol. The Morgan fingerprint density at radius 3 is 2.63 bits per heavy atom. The maximum absolute atomic E-state index is 11.9. The predicted molar refractivity (Wildman–Crippen MR) is 86.6 cm³/mol. The van der Waals surface area contributed by atoms with Crippen LogP contribution in [0.2, 0.25) is 0 Å². The number of aliphatic hydroxyl groups is 5. The molecule has 10 nitrogen and oxygen atoms in total. The summed E-state index contributed by atoms with van der Waals surface area (Å²) in [6.07, 6.45) is -4.58. The van der Waals surface area contributed by atoms with E-state index >= 15 is 0 Å². The third kappa shape index (κ3) is 3.74. The van der Waals surface area contributed by atoms with Gasteiger partial charge in [-0.3, -0.25) is 0 Å². The van der Waals surface area contributed by atoms with Gasteiger partial charge < -0.3 is 44.5 Å². The average Bonchev–Trinajstić information content (AvgIpc) is 3.10. The maximum Gasteiger partial charge on any atom is 0.337 e. The summed E-state index contributed by atoms with van der Waals surface area (Å²) < 4.78 is 20.7. The van der Waals surface area contributed by atoms with Crippen LogP contribution >= 0.6 is 0 Å². The lowest BCUT2D eigenvalue weighted by molar-refractivity contribution is -0.299. The molecule has 10 heteroatoms. The van der Waals surface area contributed by atoms with Crippen molar-refractivity contribution < 1.29 is 49.3 Å². The summed E-state index contributed by atoms with van der Waals surface area (Å²) in [5.74, 6) is -1.40. The van der Waals surface area contributed by atoms with Gasteiger partial charge in [-0.25, -0.2) is 4.79 Å². The van der Waals surface area contributed by atoms with Gasteiger partial charge in [-0.1, -0.05) is 6.08 Å². The highest BCUT2D eigenvalue weighted by molar-refractivity contribution is 5.89. The fraction of sp³-hybridized carbons (Fsp3) is 0.706. The van der Waals surface area contributed by atoms with Gasteiger partial charge in [-0.15, -0.1) is 0 Å². The molecule has 27 heavy (non-hydrogen) atoms. The molecular weight excluding hydrogens is 364 g/mol. The maximum atomic E-state index is 11.9. The summed E-state index contributed by atoms with van der Waals surface area (Å²) in [6.45, 7) is -0.628. The molecule has 0 radical (unpaired) electrons. The highest BCUT2D eigenvalue weighted by Crippen LogP contribution is 2.43. The van der Waals surface area contributed by atoms with E-state index in [1.54, 1.807) is 6.08 Å². The number of carbonyl (C=O) groups excluding carboxylic acids is 1. The lowest BCUT2D eigenvalue weighted by Gasteiger charge is -2.40. The highest BCUT2D eigenvalue weighted by atomic mass is 16.7. The van der Waals surface area contributed by atoms with Gasteiger partial charge in [0.05, 0.1) is 38.1 Å². The van der Waals surface area contributed by atoms with Crippen LogP contribution in [0.3, 0.4) is 0 Å². The van der Waals surface area contributed by atoms with Gasteiger partial charge in [0.25, 0.3) is 0 Å². The third-order valence-corrected chi connectivity index (χ3v) is 5.22. The molecular formula is C17H24O10. The zero-order chi connectivity index (χ0) is 19.7. The molecule has 0 aromatic carbocycles. The van der Waals surface area contributed by atoms with Gasteiger partial charge >= 0.3 is 5.97 Å². The first-order valence-electron chi connectivity index (χ1n) is 8.62. The SMILES string of the molecule is COC(=O)C1=CO[C@@H](O)[C@@H]2C(CO[C@@H]3O[C@H](CO)[C@@H](O)[C@H](O)[C@H]3O)=CC[C@H]12. The van der Waals surface area contributed by atoms with E-state index in [0.29, 0.717) is 17.6 Å². The predicted octanol–water partition coefficient (Wildman–Crippen LogP) is -2.23. The van der Waals surface area contributed by atoms with Crippen molar-refractivity contribution in [1.29, 1.82) is 0 Å². The van der Waals surface area contributed by atoms with Gasteiger partial charge in [0.15, 0.2) is 6.29 Å². The normalized spacial score (nSPS) is 41.3. The van der Waals surface area contributed by atoms with Crippen molar-refractivity contribution in [3.05, 3.63) is 23.5 Å². The summed E-state index contributed by atoms with van der Waals surface area (Å²) in [7, 11) is 1.26. The van der Waals surface area contributed by atoms with Crippen molar-refractivity contribution in [2.24, 2.45) is 11.8 Å². The molecule has 0 amide bonds. The molecule has 0 aromatic heterocycles. The van der Waals surface area contributed by atoms with Crippen molar-refractivity contribution in [2.45, 2.75) is 43.4 Å². The highest BCUT2D eigenvalue weighted by Gasteiger charge is 2.46. The number of allylic oxidation sites excluding steroid dienone is 1. The molecule has 8 atom stereocenters. The molecule has 2 heterocycles. The van der Waals surface area contributed by atoms with Crippen LogP contribution in [0, 0.1) is 11.8 Å². The van der Waals surface area contributed by atoms with E-state index in [1.807, 2.05) is 0 Å². The average molecular weight is 388 g/mol. The molecule has 0 aromatic rings. The Morgan fingerprint density at radius 2 is 1.96 bits per heavy atom. The minimum absolute atomic E-state index is 0.0707. The van der Waals surface area contributed by atoms with E-state index in [1.165, 1.54) is 13.4 Å². The molecule has 3 aliphatic rings. The minimum Gasteiger partial charge on any atom is -0.472 e. The van der Waals surface area contributed by atoms with Gasteiger partial charge in [0.2, 0.25) is 6.29 Å². The first-order valence-corrected chi connectivity index (χ1v) is 8.62. The second-order valence-electron chi connectivity index (χ2n) is 6.75. The number of hydrogen-bond acceptors (Lipinski definition) is 10. The Hall–Kier alpha value is -1.53. The minimum atomic E-state index is -1.54. The number of rotatable bonds is 5. The number of fused-ring (bicyclic) bond motifs is 1. The van der Waals surface area contributed by atoms with E-state index in [9.17, 15) is 30.3 Å². The van der Waals surface area contributed by atoms with Crippen molar-refractivity contribution in [3.8, 4) is 0 Å². The molecule has 2 aliphatic heterocycles. The second kappa shape index (κ2) is 8.23. The summed E-state index contributed by atoms with van der Waals surface area (Å²) in [5.41, 5.74) is 0.950. The summed E-state index contributed by atoms with van der Waals surface area (Å²) >= 11 is 0. The fourth-order valence-electron chi connectivity index (χ4n) is 3.69. The second-order valence-corrected chi connectivity index (χ2v) is 6.75. The van der Waals surface area contributed by atoms with Crippen LogP contribution in [0.4, 0.5) is 0 Å². The van der Waals surface area contributed by atoms with Crippen LogP contribution in [0.5, 0.6) is 0 Å². The van der Waals surface area contributed by atoms with E-state index in [2.05, 4.69) is 0 Å². The first kappa shape index (κ1) is 20.2. The number of methoxy groups -OCH3 is 1. The number of hydrogen-bond donors (Lipinski definition) is 5. The van der Waals surface area contributed by atoms with Gasteiger partial charge in [0.1, 0.15) is 24.4 Å². The molecule has 0 unspecified atom stereocenters. The quantitative estimate of drug-likeness (QED) is 0.258. The van der Waals surface area contributed by atoms with E-state index < -0.39 is 55.5 Å². The summed E-state index contributed by atoms with van der Waals surface area (Å²) in [6, 6.07) is 0. The van der Waals surface area contributed by atoms with Crippen molar-refractivity contribution >= 4 is 5.97 Å². The number of ether oxygens (including phenoxy) is 4. The lowest BCUT2D eigenvalue weighted by atomic mass is 9.83. The van der Waals surface area contributed by atoms with Gasteiger partial charge in [-0.05, 0) is 12.0 Å². The van der Waals surface area contributed by atoms with Crippen LogP contribution in [-0.4, -0.2) is 88.8 Å². The van der Waals surface area contributed by atoms with Crippen molar-refractivity contribution in [1.82, 2.24) is 0 Å². The van der Waals surface area contributed by atoms with Crippen LogP contribution in [-0.2, 0) is 23.7 Å². The van der Waals surface area contributed by atoms with Crippen molar-refractivity contribution in [3.63, 3.8) is 0 Å².